The van der Waals surface area contributed by atoms with E-state index < -0.39 is 0 Å². The Balaban J connectivity index is 2.13. The van der Waals surface area contributed by atoms with E-state index in [-0.39, 0.29) is 11.8 Å². The molecule has 4 N–H and O–H groups in total. The average molecular weight is 285 g/mol. The monoisotopic (exact) mass is 285 g/mol. The molecule has 0 aliphatic carbocycles. The van der Waals surface area contributed by atoms with Gasteiger partial charge in [-0.1, -0.05) is 19.9 Å². The van der Waals surface area contributed by atoms with Crippen molar-refractivity contribution in [3.05, 3.63) is 53.5 Å². The zero-order valence-corrected chi connectivity index (χ0v) is 12.1. The van der Waals surface area contributed by atoms with Crippen LogP contribution in [0, 0.1) is 0 Å². The normalized spacial score (nSPS) is 10.5. The molecule has 0 radical (unpaired) electrons. The number of carbonyl (C=O) groups is 1. The number of amides is 1. The number of hydrogen-bond acceptors (Lipinski definition) is 5. The number of carbonyl (C=O) groups excluding carboxylic acids is 1. The number of anilines is 1. The Kier molecular flexibility index (Phi) is 4.84. The van der Waals surface area contributed by atoms with E-state index in [2.05, 4.69) is 20.7 Å². The van der Waals surface area contributed by atoms with Gasteiger partial charge >= 0.3 is 0 Å². The van der Waals surface area contributed by atoms with E-state index in [9.17, 15) is 4.79 Å². The molecule has 6 heteroatoms. The first-order valence-electron chi connectivity index (χ1n) is 6.77. The van der Waals surface area contributed by atoms with Crippen molar-refractivity contribution < 1.29 is 4.79 Å². The molecule has 0 aromatic carbocycles. The molecule has 2 aromatic heterocycles. The number of nitrogens with two attached hydrogens (primary N) is 1. The van der Waals surface area contributed by atoms with Crippen molar-refractivity contribution in [3.8, 4) is 0 Å². The van der Waals surface area contributed by atoms with Crippen molar-refractivity contribution >= 4 is 11.7 Å². The minimum atomic E-state index is -0.179. The lowest BCUT2D eigenvalue weighted by Crippen LogP contribution is -2.24. The topological polar surface area (TPSA) is 92.9 Å². The van der Waals surface area contributed by atoms with Crippen LogP contribution in [0.25, 0.3) is 0 Å². The highest BCUT2D eigenvalue weighted by Gasteiger charge is 2.11. The summed E-state index contributed by atoms with van der Waals surface area (Å²) >= 11 is 0. The van der Waals surface area contributed by atoms with Gasteiger partial charge in [-0.2, -0.15) is 0 Å². The molecule has 2 aromatic rings. The molecule has 0 fully saturated rings. The van der Waals surface area contributed by atoms with Crippen molar-refractivity contribution in [1.29, 1.82) is 0 Å². The van der Waals surface area contributed by atoms with Crippen LogP contribution >= 0.6 is 0 Å². The number of nitrogen functional groups attached to an aromatic ring is 1. The Bertz CT molecular complexity index is 613. The summed E-state index contributed by atoms with van der Waals surface area (Å²) in [5.74, 6) is 5.90. The average Bonchev–Trinajstić information content (AvgIpc) is 2.53. The lowest BCUT2D eigenvalue weighted by atomic mass is 10.1. The first-order chi connectivity index (χ1) is 10.1. The van der Waals surface area contributed by atoms with E-state index >= 15 is 0 Å². The Morgan fingerprint density at radius 3 is 2.76 bits per heavy atom. The van der Waals surface area contributed by atoms with Gasteiger partial charge in [0, 0.05) is 17.5 Å². The fourth-order valence-electron chi connectivity index (χ4n) is 1.83. The Labute approximate surface area is 123 Å². The summed E-state index contributed by atoms with van der Waals surface area (Å²) in [7, 11) is 0. The minimum Gasteiger partial charge on any atom is -0.346 e. The number of aromatic nitrogens is 2. The van der Waals surface area contributed by atoms with Crippen LogP contribution in [0.5, 0.6) is 0 Å². The van der Waals surface area contributed by atoms with Crippen molar-refractivity contribution in [2.24, 2.45) is 5.84 Å². The van der Waals surface area contributed by atoms with Gasteiger partial charge in [0.2, 0.25) is 0 Å². The molecular formula is C15H19N5O. The molecule has 2 heterocycles. The maximum Gasteiger partial charge on any atom is 0.251 e. The third-order valence-electron chi connectivity index (χ3n) is 3.00. The molecule has 0 aliphatic heterocycles. The highest BCUT2D eigenvalue weighted by molar-refractivity contribution is 5.94. The molecule has 0 saturated carbocycles. The van der Waals surface area contributed by atoms with Crippen LogP contribution in [0.15, 0.2) is 36.5 Å². The zero-order chi connectivity index (χ0) is 15.2. The third-order valence-corrected chi connectivity index (χ3v) is 3.00. The molecule has 110 valence electrons. The van der Waals surface area contributed by atoms with Crippen molar-refractivity contribution in [2.75, 3.05) is 5.43 Å². The standard InChI is InChI=1S/C15H19N5O/c1-10(2)13-7-11(8-14(19-13)20-16)15(21)18-9-12-5-3-4-6-17-12/h3-8,10H,9,16H2,1-2H3,(H,18,21)(H,19,20). The Morgan fingerprint density at radius 1 is 1.33 bits per heavy atom. The molecule has 6 nitrogen and oxygen atoms in total. The molecule has 2 rings (SSSR count). The Morgan fingerprint density at radius 2 is 2.14 bits per heavy atom. The quantitative estimate of drug-likeness (QED) is 0.575. The minimum absolute atomic E-state index is 0.179. The van der Waals surface area contributed by atoms with Gasteiger partial charge in [0.05, 0.1) is 12.2 Å². The zero-order valence-electron chi connectivity index (χ0n) is 12.1. The molecule has 0 bridgehead atoms. The van der Waals surface area contributed by atoms with Crippen LogP contribution in [0.3, 0.4) is 0 Å². The summed E-state index contributed by atoms with van der Waals surface area (Å²) in [6.45, 7) is 4.40. The van der Waals surface area contributed by atoms with Crippen LogP contribution in [0.2, 0.25) is 0 Å². The molecular weight excluding hydrogens is 266 g/mol. The van der Waals surface area contributed by atoms with Gasteiger partial charge in [0.25, 0.3) is 5.91 Å². The molecule has 0 unspecified atom stereocenters. The van der Waals surface area contributed by atoms with Gasteiger partial charge in [0.15, 0.2) is 0 Å². The van der Waals surface area contributed by atoms with Crippen LogP contribution in [0.4, 0.5) is 5.82 Å². The molecule has 0 saturated heterocycles. The van der Waals surface area contributed by atoms with E-state index in [0.717, 1.165) is 11.4 Å². The van der Waals surface area contributed by atoms with Gasteiger partial charge < -0.3 is 10.7 Å². The summed E-state index contributed by atoms with van der Waals surface area (Å²) in [5, 5.41) is 2.83. The van der Waals surface area contributed by atoms with E-state index in [1.807, 2.05) is 32.0 Å². The van der Waals surface area contributed by atoms with Gasteiger partial charge in [0.1, 0.15) is 5.82 Å². The Hall–Kier alpha value is -2.47. The van der Waals surface area contributed by atoms with Gasteiger partial charge in [-0.3, -0.25) is 9.78 Å². The van der Waals surface area contributed by atoms with Gasteiger partial charge in [-0.25, -0.2) is 10.8 Å². The summed E-state index contributed by atoms with van der Waals surface area (Å²) < 4.78 is 0. The lowest BCUT2D eigenvalue weighted by molar-refractivity contribution is 0.0950. The number of hydrazine groups is 1. The summed E-state index contributed by atoms with van der Waals surface area (Å²) in [5.41, 5.74) is 4.63. The largest absolute Gasteiger partial charge is 0.346 e. The van der Waals surface area contributed by atoms with Gasteiger partial charge in [-0.05, 0) is 30.2 Å². The van der Waals surface area contributed by atoms with Crippen molar-refractivity contribution in [3.63, 3.8) is 0 Å². The van der Waals surface area contributed by atoms with Crippen molar-refractivity contribution in [2.45, 2.75) is 26.3 Å². The first-order valence-corrected chi connectivity index (χ1v) is 6.77. The summed E-state index contributed by atoms with van der Waals surface area (Å²) in [6, 6.07) is 8.98. The van der Waals surface area contributed by atoms with E-state index in [1.54, 1.807) is 18.3 Å². The summed E-state index contributed by atoms with van der Waals surface area (Å²) in [4.78, 5) is 20.7. The van der Waals surface area contributed by atoms with E-state index in [0.29, 0.717) is 17.9 Å². The lowest BCUT2D eigenvalue weighted by Gasteiger charge is -2.11. The molecule has 0 aliphatic rings. The number of pyridine rings is 2. The number of nitrogens with one attached hydrogen (secondary N) is 2. The van der Waals surface area contributed by atoms with Crippen LogP contribution < -0.4 is 16.6 Å². The highest BCUT2D eigenvalue weighted by atomic mass is 16.1. The van der Waals surface area contributed by atoms with Crippen LogP contribution in [-0.4, -0.2) is 15.9 Å². The predicted octanol–water partition coefficient (Wildman–Crippen LogP) is 1.82. The van der Waals surface area contributed by atoms with E-state index in [4.69, 9.17) is 5.84 Å². The maximum absolute atomic E-state index is 12.2. The highest BCUT2D eigenvalue weighted by Crippen LogP contribution is 2.17. The fraction of sp³-hybridized carbons (Fsp3) is 0.267. The molecule has 0 atom stereocenters. The fourth-order valence-corrected chi connectivity index (χ4v) is 1.83. The second-order valence-electron chi connectivity index (χ2n) is 4.97. The summed E-state index contributed by atoms with van der Waals surface area (Å²) in [6.07, 6.45) is 1.70. The van der Waals surface area contributed by atoms with Crippen molar-refractivity contribution in [1.82, 2.24) is 15.3 Å². The third kappa shape index (κ3) is 4.00. The molecule has 21 heavy (non-hydrogen) atoms. The number of nitrogens with zero attached hydrogens (tertiary/aromatic N) is 2. The maximum atomic E-state index is 12.2. The van der Waals surface area contributed by atoms with Crippen LogP contribution in [-0.2, 0) is 6.54 Å². The molecule has 0 spiro atoms. The second-order valence-corrected chi connectivity index (χ2v) is 4.97. The van der Waals surface area contributed by atoms with E-state index in [1.165, 1.54) is 0 Å². The smallest absolute Gasteiger partial charge is 0.251 e. The molecule has 1 amide bonds. The van der Waals surface area contributed by atoms with Gasteiger partial charge in [-0.15, -0.1) is 0 Å². The first kappa shape index (κ1) is 14.9. The SMILES string of the molecule is CC(C)c1cc(C(=O)NCc2ccccn2)cc(NN)n1. The van der Waals surface area contributed by atoms with Crippen LogP contribution in [0.1, 0.15) is 41.5 Å². The predicted molar refractivity (Wildman–Crippen MR) is 81.5 cm³/mol. The second kappa shape index (κ2) is 6.81. The number of rotatable bonds is 5. The number of hydrogen-bond donors (Lipinski definition) is 3.